The summed E-state index contributed by atoms with van der Waals surface area (Å²) < 4.78 is 5.43. The summed E-state index contributed by atoms with van der Waals surface area (Å²) in [7, 11) is 0. The zero-order valence-electron chi connectivity index (χ0n) is 10.4. The summed E-state index contributed by atoms with van der Waals surface area (Å²) in [5.41, 5.74) is 1.07. The van der Waals surface area contributed by atoms with Crippen molar-refractivity contribution in [2.75, 3.05) is 26.3 Å². The largest absolute Gasteiger partial charge is 0.481 e. The summed E-state index contributed by atoms with van der Waals surface area (Å²) in [5.74, 6) is -0.756. The fourth-order valence-corrected chi connectivity index (χ4v) is 2.38. The third kappa shape index (κ3) is 3.55. The zero-order chi connectivity index (χ0) is 12.8. The van der Waals surface area contributed by atoms with E-state index in [0.717, 1.165) is 31.7 Å². The fraction of sp³-hybridized carbons (Fsp3) is 0.500. The number of rotatable bonds is 4. The van der Waals surface area contributed by atoms with Crippen LogP contribution < -0.4 is 0 Å². The Morgan fingerprint density at radius 3 is 2.78 bits per heavy atom. The highest BCUT2D eigenvalue weighted by Gasteiger charge is 2.23. The van der Waals surface area contributed by atoms with Crippen molar-refractivity contribution in [2.24, 2.45) is 0 Å². The van der Waals surface area contributed by atoms with Gasteiger partial charge in [-0.1, -0.05) is 30.3 Å². The smallest absolute Gasteiger partial charge is 0.305 e. The Bertz CT molecular complexity index is 372. The van der Waals surface area contributed by atoms with E-state index in [2.05, 4.69) is 4.90 Å². The lowest BCUT2D eigenvalue weighted by Gasteiger charge is -2.29. The van der Waals surface area contributed by atoms with Gasteiger partial charge in [-0.2, -0.15) is 0 Å². The van der Waals surface area contributed by atoms with Gasteiger partial charge in [-0.25, -0.2) is 0 Å². The molecule has 1 unspecified atom stereocenters. The van der Waals surface area contributed by atoms with E-state index in [1.54, 1.807) is 0 Å². The second kappa shape index (κ2) is 6.52. The Morgan fingerprint density at radius 2 is 2.06 bits per heavy atom. The molecule has 0 spiro atoms. The topological polar surface area (TPSA) is 49.8 Å². The van der Waals surface area contributed by atoms with Crippen LogP contribution in [0.3, 0.4) is 0 Å². The minimum Gasteiger partial charge on any atom is -0.481 e. The Labute approximate surface area is 107 Å². The van der Waals surface area contributed by atoms with E-state index in [1.165, 1.54) is 0 Å². The molecular weight excluding hydrogens is 230 g/mol. The highest BCUT2D eigenvalue weighted by Crippen LogP contribution is 2.25. The van der Waals surface area contributed by atoms with Crippen LogP contribution in [0.4, 0.5) is 0 Å². The zero-order valence-corrected chi connectivity index (χ0v) is 10.4. The van der Waals surface area contributed by atoms with Crippen LogP contribution in [-0.2, 0) is 9.53 Å². The molecule has 0 radical (unpaired) electrons. The Kier molecular flexibility index (Phi) is 4.73. The Morgan fingerprint density at radius 1 is 1.28 bits per heavy atom. The van der Waals surface area contributed by atoms with Crippen LogP contribution in [0.5, 0.6) is 0 Å². The molecule has 0 saturated carbocycles. The summed E-state index contributed by atoms with van der Waals surface area (Å²) >= 11 is 0. The molecule has 1 aliphatic rings. The number of carbonyl (C=O) groups is 1. The van der Waals surface area contributed by atoms with E-state index in [1.807, 2.05) is 30.3 Å². The molecule has 0 bridgehead atoms. The van der Waals surface area contributed by atoms with Crippen LogP contribution in [0.1, 0.15) is 24.4 Å². The molecule has 0 amide bonds. The van der Waals surface area contributed by atoms with Gasteiger partial charge >= 0.3 is 5.97 Å². The van der Waals surface area contributed by atoms with Gasteiger partial charge in [0.05, 0.1) is 13.0 Å². The van der Waals surface area contributed by atoms with Crippen LogP contribution in [0.25, 0.3) is 0 Å². The van der Waals surface area contributed by atoms with Crippen LogP contribution >= 0.6 is 0 Å². The fourth-order valence-electron chi connectivity index (χ4n) is 2.38. The number of ether oxygens (including phenoxy) is 1. The van der Waals surface area contributed by atoms with Gasteiger partial charge in [0.1, 0.15) is 0 Å². The number of benzene rings is 1. The van der Waals surface area contributed by atoms with E-state index >= 15 is 0 Å². The predicted molar refractivity (Wildman–Crippen MR) is 68.4 cm³/mol. The summed E-state index contributed by atoms with van der Waals surface area (Å²) in [6.07, 6.45) is 1.10. The van der Waals surface area contributed by atoms with Gasteiger partial charge in [0.25, 0.3) is 0 Å². The molecule has 1 aromatic carbocycles. The molecule has 0 aromatic heterocycles. The van der Waals surface area contributed by atoms with Crippen molar-refractivity contribution < 1.29 is 14.6 Å². The molecule has 1 N–H and O–H groups in total. The first kappa shape index (κ1) is 13.1. The molecule has 1 aromatic rings. The van der Waals surface area contributed by atoms with Gasteiger partial charge in [0.2, 0.25) is 0 Å². The molecule has 2 rings (SSSR count). The standard InChI is InChI=1S/C14H19NO3/c16-14(17)11-13(12-5-2-1-3-6-12)15-7-4-9-18-10-8-15/h1-3,5-6,13H,4,7-11H2,(H,16,17). The van der Waals surface area contributed by atoms with E-state index in [4.69, 9.17) is 9.84 Å². The maximum atomic E-state index is 11.1. The summed E-state index contributed by atoms with van der Waals surface area (Å²) in [4.78, 5) is 13.3. The van der Waals surface area contributed by atoms with Crippen molar-refractivity contribution in [2.45, 2.75) is 18.9 Å². The number of aliphatic carboxylic acids is 1. The SMILES string of the molecule is O=C(O)CC(c1ccccc1)N1CCCOCC1. The number of hydrogen-bond acceptors (Lipinski definition) is 3. The van der Waals surface area contributed by atoms with Gasteiger partial charge in [-0.3, -0.25) is 9.69 Å². The van der Waals surface area contributed by atoms with Crippen molar-refractivity contribution >= 4 is 5.97 Å². The molecule has 1 fully saturated rings. The van der Waals surface area contributed by atoms with Gasteiger partial charge in [-0.05, 0) is 12.0 Å². The molecule has 1 atom stereocenters. The monoisotopic (exact) mass is 249 g/mol. The van der Waals surface area contributed by atoms with E-state index in [0.29, 0.717) is 6.61 Å². The number of nitrogens with zero attached hydrogens (tertiary/aromatic N) is 1. The average molecular weight is 249 g/mol. The van der Waals surface area contributed by atoms with Crippen LogP contribution in [-0.4, -0.2) is 42.3 Å². The molecule has 18 heavy (non-hydrogen) atoms. The van der Waals surface area contributed by atoms with Crippen LogP contribution in [0.15, 0.2) is 30.3 Å². The van der Waals surface area contributed by atoms with Crippen molar-refractivity contribution in [3.63, 3.8) is 0 Å². The highest BCUT2D eigenvalue weighted by molar-refractivity contribution is 5.67. The minimum atomic E-state index is -0.756. The maximum Gasteiger partial charge on any atom is 0.305 e. The van der Waals surface area contributed by atoms with Crippen molar-refractivity contribution in [1.29, 1.82) is 0 Å². The molecule has 4 heteroatoms. The molecule has 1 aliphatic heterocycles. The van der Waals surface area contributed by atoms with E-state index < -0.39 is 5.97 Å². The minimum absolute atomic E-state index is 0.0506. The molecule has 98 valence electrons. The lowest BCUT2D eigenvalue weighted by Crippen LogP contribution is -2.32. The summed E-state index contributed by atoms with van der Waals surface area (Å²) in [5, 5.41) is 9.09. The maximum absolute atomic E-state index is 11.1. The first-order valence-corrected chi connectivity index (χ1v) is 6.36. The first-order chi connectivity index (χ1) is 8.77. The van der Waals surface area contributed by atoms with Gasteiger partial charge in [0.15, 0.2) is 0 Å². The number of carboxylic acids is 1. The average Bonchev–Trinajstić information content (AvgIpc) is 2.65. The second-order valence-electron chi connectivity index (χ2n) is 4.53. The number of hydrogen-bond donors (Lipinski definition) is 1. The second-order valence-corrected chi connectivity index (χ2v) is 4.53. The van der Waals surface area contributed by atoms with Crippen molar-refractivity contribution in [3.05, 3.63) is 35.9 Å². The van der Waals surface area contributed by atoms with Crippen molar-refractivity contribution in [1.82, 2.24) is 4.90 Å². The quantitative estimate of drug-likeness (QED) is 0.885. The summed E-state index contributed by atoms with van der Waals surface area (Å²) in [6, 6.07) is 9.81. The molecule has 1 heterocycles. The van der Waals surface area contributed by atoms with Crippen LogP contribution in [0.2, 0.25) is 0 Å². The Hall–Kier alpha value is -1.39. The van der Waals surface area contributed by atoms with Gasteiger partial charge in [-0.15, -0.1) is 0 Å². The molecular formula is C14H19NO3. The van der Waals surface area contributed by atoms with Crippen LogP contribution in [0, 0.1) is 0 Å². The Balaban J connectivity index is 2.15. The first-order valence-electron chi connectivity index (χ1n) is 6.36. The summed E-state index contributed by atoms with van der Waals surface area (Å²) in [6.45, 7) is 3.15. The highest BCUT2D eigenvalue weighted by atomic mass is 16.5. The third-order valence-electron chi connectivity index (χ3n) is 3.25. The van der Waals surface area contributed by atoms with E-state index in [-0.39, 0.29) is 12.5 Å². The number of carboxylic acid groups (broad SMARTS) is 1. The van der Waals surface area contributed by atoms with Gasteiger partial charge in [0, 0.05) is 25.7 Å². The molecule has 4 nitrogen and oxygen atoms in total. The third-order valence-corrected chi connectivity index (χ3v) is 3.25. The normalized spacial score (nSPS) is 19.1. The lowest BCUT2D eigenvalue weighted by atomic mass is 10.0. The lowest BCUT2D eigenvalue weighted by molar-refractivity contribution is -0.138. The van der Waals surface area contributed by atoms with Crippen molar-refractivity contribution in [3.8, 4) is 0 Å². The molecule has 1 saturated heterocycles. The molecule has 0 aliphatic carbocycles. The predicted octanol–water partition coefficient (Wildman–Crippen LogP) is 1.92. The van der Waals surface area contributed by atoms with E-state index in [9.17, 15) is 4.79 Å². The van der Waals surface area contributed by atoms with Gasteiger partial charge < -0.3 is 9.84 Å².